The predicted octanol–water partition coefficient (Wildman–Crippen LogP) is 3.79. The lowest BCUT2D eigenvalue weighted by Gasteiger charge is -2.25. The minimum atomic E-state index is -0.00634. The molecule has 2 rings (SSSR count). The molecule has 3 nitrogen and oxygen atoms in total. The number of anilines is 1. The fraction of sp³-hybridized carbons (Fsp3) is 0.235. The Morgan fingerprint density at radius 2 is 1.95 bits per heavy atom. The molecule has 2 aromatic rings. The Morgan fingerprint density at radius 3 is 2.62 bits per heavy atom. The number of likely N-dealkylation sites (N-methyl/N-ethyl adjacent to an activating group) is 1. The summed E-state index contributed by atoms with van der Waals surface area (Å²) in [6, 6.07) is 15.5. The van der Waals surface area contributed by atoms with Gasteiger partial charge in [0.1, 0.15) is 0 Å². The molecular weight excluding hydrogens is 328 g/mol. The molecular formula is C17H19BrN2O. The summed E-state index contributed by atoms with van der Waals surface area (Å²) < 4.78 is 0.985. The van der Waals surface area contributed by atoms with E-state index in [4.69, 9.17) is 5.73 Å². The number of amides is 1. The van der Waals surface area contributed by atoms with Crippen molar-refractivity contribution in [3.05, 3.63) is 64.1 Å². The van der Waals surface area contributed by atoms with Crippen molar-refractivity contribution in [3.63, 3.8) is 0 Å². The predicted molar refractivity (Wildman–Crippen MR) is 89.9 cm³/mol. The van der Waals surface area contributed by atoms with Crippen LogP contribution in [0.4, 0.5) is 5.69 Å². The Morgan fingerprint density at radius 1 is 1.24 bits per heavy atom. The summed E-state index contributed by atoms with van der Waals surface area (Å²) >= 11 is 3.42. The van der Waals surface area contributed by atoms with E-state index < -0.39 is 0 Å². The van der Waals surface area contributed by atoms with Crippen molar-refractivity contribution in [2.45, 2.75) is 19.4 Å². The first-order chi connectivity index (χ1) is 9.97. The molecule has 1 atom stereocenters. The zero-order valence-corrected chi connectivity index (χ0v) is 13.8. The minimum absolute atomic E-state index is 0.00634. The molecule has 0 aromatic heterocycles. The van der Waals surface area contributed by atoms with Crippen LogP contribution in [-0.2, 0) is 11.2 Å². The van der Waals surface area contributed by atoms with Gasteiger partial charge in [-0.25, -0.2) is 0 Å². The van der Waals surface area contributed by atoms with E-state index in [0.29, 0.717) is 12.1 Å². The molecule has 0 fully saturated rings. The third-order valence-corrected chi connectivity index (χ3v) is 4.11. The van der Waals surface area contributed by atoms with Gasteiger partial charge in [0.25, 0.3) is 0 Å². The molecule has 0 radical (unpaired) electrons. The molecule has 110 valence electrons. The van der Waals surface area contributed by atoms with Crippen molar-refractivity contribution in [3.8, 4) is 0 Å². The van der Waals surface area contributed by atoms with Gasteiger partial charge >= 0.3 is 0 Å². The number of rotatable bonds is 4. The van der Waals surface area contributed by atoms with Crippen molar-refractivity contribution >= 4 is 27.5 Å². The van der Waals surface area contributed by atoms with Crippen LogP contribution in [-0.4, -0.2) is 17.9 Å². The number of carbonyl (C=O) groups excluding carboxylic acids is 1. The summed E-state index contributed by atoms with van der Waals surface area (Å²) in [4.78, 5) is 14.2. The molecule has 0 aliphatic rings. The highest BCUT2D eigenvalue weighted by Crippen LogP contribution is 2.22. The molecule has 4 heteroatoms. The zero-order valence-electron chi connectivity index (χ0n) is 12.2. The van der Waals surface area contributed by atoms with Gasteiger partial charge in [0.15, 0.2) is 0 Å². The van der Waals surface area contributed by atoms with E-state index >= 15 is 0 Å². The highest BCUT2D eigenvalue weighted by molar-refractivity contribution is 9.10. The van der Waals surface area contributed by atoms with Crippen LogP contribution < -0.4 is 5.73 Å². The monoisotopic (exact) mass is 346 g/mol. The second-order valence-electron chi connectivity index (χ2n) is 5.16. The number of nitrogens with two attached hydrogens (primary N) is 1. The molecule has 1 unspecified atom stereocenters. The van der Waals surface area contributed by atoms with Gasteiger partial charge in [0.05, 0.1) is 12.5 Å². The Balaban J connectivity index is 2.08. The first-order valence-electron chi connectivity index (χ1n) is 6.83. The molecule has 0 spiro atoms. The average Bonchev–Trinajstić information content (AvgIpc) is 2.45. The number of halogens is 1. The van der Waals surface area contributed by atoms with Crippen LogP contribution in [0.25, 0.3) is 0 Å². The molecule has 1 amide bonds. The molecule has 21 heavy (non-hydrogen) atoms. The van der Waals surface area contributed by atoms with E-state index in [2.05, 4.69) is 15.9 Å². The van der Waals surface area contributed by atoms with Gasteiger partial charge in [-0.05, 0) is 42.3 Å². The Hall–Kier alpha value is -1.81. The fourth-order valence-electron chi connectivity index (χ4n) is 2.20. The summed E-state index contributed by atoms with van der Waals surface area (Å²) in [6.45, 7) is 2.01. The van der Waals surface area contributed by atoms with Crippen LogP contribution in [0.1, 0.15) is 24.1 Å². The normalized spacial score (nSPS) is 12.0. The van der Waals surface area contributed by atoms with Crippen LogP contribution in [0.3, 0.4) is 0 Å². The first-order valence-corrected chi connectivity index (χ1v) is 7.62. The number of hydrogen-bond acceptors (Lipinski definition) is 2. The van der Waals surface area contributed by atoms with E-state index in [0.717, 1.165) is 15.6 Å². The third kappa shape index (κ3) is 4.08. The highest BCUT2D eigenvalue weighted by atomic mass is 79.9. The standard InChI is InChI=1S/C17H19BrN2O/c1-12(14-6-4-8-16(19)11-14)20(2)17(21)10-13-5-3-7-15(18)9-13/h3-9,11-12H,10,19H2,1-2H3. The van der Waals surface area contributed by atoms with Crippen LogP contribution in [0, 0.1) is 0 Å². The largest absolute Gasteiger partial charge is 0.399 e. The SMILES string of the molecule is CC(c1cccc(N)c1)N(C)C(=O)Cc1cccc(Br)c1. The maximum absolute atomic E-state index is 12.4. The Labute approximate surface area is 133 Å². The molecule has 0 heterocycles. The van der Waals surface area contributed by atoms with E-state index in [-0.39, 0.29) is 11.9 Å². The van der Waals surface area contributed by atoms with E-state index in [1.807, 2.05) is 62.5 Å². The first kappa shape index (κ1) is 15.6. The number of nitrogen functional groups attached to an aromatic ring is 1. The van der Waals surface area contributed by atoms with Gasteiger partial charge in [-0.15, -0.1) is 0 Å². The lowest BCUT2D eigenvalue weighted by atomic mass is 10.1. The van der Waals surface area contributed by atoms with Gasteiger partial charge in [0, 0.05) is 17.2 Å². The van der Waals surface area contributed by atoms with Crippen molar-refractivity contribution in [1.82, 2.24) is 4.90 Å². The maximum Gasteiger partial charge on any atom is 0.227 e. The second-order valence-corrected chi connectivity index (χ2v) is 6.07. The smallest absolute Gasteiger partial charge is 0.227 e. The fourth-order valence-corrected chi connectivity index (χ4v) is 2.65. The van der Waals surface area contributed by atoms with E-state index in [9.17, 15) is 4.79 Å². The highest BCUT2D eigenvalue weighted by Gasteiger charge is 2.17. The van der Waals surface area contributed by atoms with E-state index in [1.54, 1.807) is 4.90 Å². The molecule has 0 saturated carbocycles. The zero-order chi connectivity index (χ0) is 15.4. The lowest BCUT2D eigenvalue weighted by Crippen LogP contribution is -2.31. The quantitative estimate of drug-likeness (QED) is 0.856. The van der Waals surface area contributed by atoms with Crippen LogP contribution >= 0.6 is 15.9 Å². The topological polar surface area (TPSA) is 46.3 Å². The number of carbonyl (C=O) groups is 1. The lowest BCUT2D eigenvalue weighted by molar-refractivity contribution is -0.131. The summed E-state index contributed by atoms with van der Waals surface area (Å²) in [6.07, 6.45) is 0.391. The van der Waals surface area contributed by atoms with Crippen molar-refractivity contribution in [2.24, 2.45) is 0 Å². The molecule has 0 saturated heterocycles. The number of benzene rings is 2. The minimum Gasteiger partial charge on any atom is -0.399 e. The molecule has 2 aromatic carbocycles. The molecule has 2 N–H and O–H groups in total. The van der Waals surface area contributed by atoms with Gasteiger partial charge in [-0.1, -0.05) is 40.2 Å². The van der Waals surface area contributed by atoms with Gasteiger partial charge in [-0.2, -0.15) is 0 Å². The van der Waals surface area contributed by atoms with E-state index in [1.165, 1.54) is 0 Å². The number of nitrogens with zero attached hydrogens (tertiary/aromatic N) is 1. The summed E-state index contributed by atoms with van der Waals surface area (Å²) in [7, 11) is 1.83. The van der Waals surface area contributed by atoms with Crippen molar-refractivity contribution in [2.75, 3.05) is 12.8 Å². The summed E-state index contributed by atoms with van der Waals surface area (Å²) in [5.41, 5.74) is 8.56. The molecule has 0 aliphatic heterocycles. The molecule has 0 aliphatic carbocycles. The van der Waals surface area contributed by atoms with Crippen molar-refractivity contribution in [1.29, 1.82) is 0 Å². The van der Waals surface area contributed by atoms with Crippen LogP contribution in [0.15, 0.2) is 53.0 Å². The summed E-state index contributed by atoms with van der Waals surface area (Å²) in [5, 5.41) is 0. The van der Waals surface area contributed by atoms with Crippen molar-refractivity contribution < 1.29 is 4.79 Å². The molecule has 0 bridgehead atoms. The summed E-state index contributed by atoms with van der Waals surface area (Å²) in [5.74, 6) is 0.0861. The second kappa shape index (κ2) is 6.76. The Kier molecular flexibility index (Phi) is 5.02. The van der Waals surface area contributed by atoms with Gasteiger partial charge in [0.2, 0.25) is 5.91 Å². The number of hydrogen-bond donors (Lipinski definition) is 1. The van der Waals surface area contributed by atoms with Gasteiger partial charge in [-0.3, -0.25) is 4.79 Å². The third-order valence-electron chi connectivity index (χ3n) is 3.61. The van der Waals surface area contributed by atoms with Gasteiger partial charge < -0.3 is 10.6 Å². The maximum atomic E-state index is 12.4. The Bertz CT molecular complexity index is 642. The van der Waals surface area contributed by atoms with Crippen LogP contribution in [0.5, 0.6) is 0 Å². The average molecular weight is 347 g/mol. The van der Waals surface area contributed by atoms with Crippen LogP contribution in [0.2, 0.25) is 0 Å².